The third kappa shape index (κ3) is 6.11. The van der Waals surface area contributed by atoms with Crippen LogP contribution in [0, 0.1) is 0 Å². The summed E-state index contributed by atoms with van der Waals surface area (Å²) in [6, 6.07) is 12.2. The van der Waals surface area contributed by atoms with E-state index in [2.05, 4.69) is 20.8 Å². The number of aromatic carboxylic acids is 1. The normalized spacial score (nSPS) is 11.6. The molecule has 3 rings (SSSR count). The number of anilines is 1. The van der Waals surface area contributed by atoms with E-state index in [1.807, 2.05) is 11.5 Å². The fraction of sp³-hybridized carbons (Fsp3) is 0.227. The van der Waals surface area contributed by atoms with Gasteiger partial charge in [0, 0.05) is 12.2 Å². The van der Waals surface area contributed by atoms with E-state index >= 15 is 0 Å². The average Bonchev–Trinajstić information content (AvgIpc) is 3.21. The van der Waals surface area contributed by atoms with Crippen LogP contribution >= 0.6 is 23.4 Å². The number of nitrogens with zero attached hydrogens (tertiary/aromatic N) is 3. The van der Waals surface area contributed by atoms with Crippen molar-refractivity contribution in [2.75, 3.05) is 11.1 Å². The number of carboxylic acids is 1. The Bertz CT molecular complexity index is 1170. The summed E-state index contributed by atoms with van der Waals surface area (Å²) in [7, 11) is 0. The number of hydrogen-bond acceptors (Lipinski definition) is 6. The third-order valence-corrected chi connectivity index (χ3v) is 5.96. The maximum atomic E-state index is 12.6. The Morgan fingerprint density at radius 3 is 2.45 bits per heavy atom. The van der Waals surface area contributed by atoms with E-state index in [4.69, 9.17) is 16.7 Å². The highest BCUT2D eigenvalue weighted by atomic mass is 35.5. The quantitative estimate of drug-likeness (QED) is 0.391. The zero-order valence-electron chi connectivity index (χ0n) is 17.9. The van der Waals surface area contributed by atoms with Crippen molar-refractivity contribution in [3.8, 4) is 0 Å². The van der Waals surface area contributed by atoms with Crippen molar-refractivity contribution < 1.29 is 19.5 Å². The van der Waals surface area contributed by atoms with Crippen LogP contribution in [0.1, 0.15) is 46.4 Å². The Kier molecular flexibility index (Phi) is 8.07. The van der Waals surface area contributed by atoms with Crippen molar-refractivity contribution in [1.29, 1.82) is 0 Å². The highest BCUT2D eigenvalue weighted by Gasteiger charge is 2.21. The van der Waals surface area contributed by atoms with Crippen LogP contribution in [-0.4, -0.2) is 43.4 Å². The molecule has 1 unspecified atom stereocenters. The number of thioether (sulfide) groups is 1. The van der Waals surface area contributed by atoms with E-state index in [9.17, 15) is 14.4 Å². The first kappa shape index (κ1) is 24.3. The van der Waals surface area contributed by atoms with Crippen molar-refractivity contribution in [2.45, 2.75) is 31.6 Å². The fourth-order valence-electron chi connectivity index (χ4n) is 3.03. The topological polar surface area (TPSA) is 126 Å². The number of aromatic nitrogens is 3. The van der Waals surface area contributed by atoms with Gasteiger partial charge in [-0.1, -0.05) is 35.5 Å². The minimum absolute atomic E-state index is 0.0825. The van der Waals surface area contributed by atoms with Gasteiger partial charge in [0.05, 0.1) is 27.9 Å². The van der Waals surface area contributed by atoms with Crippen LogP contribution in [0.25, 0.3) is 0 Å². The van der Waals surface area contributed by atoms with Gasteiger partial charge in [-0.05, 0) is 50.2 Å². The molecule has 0 aliphatic carbocycles. The molecule has 1 aromatic heterocycles. The average molecular weight is 488 g/mol. The number of hydrogen-bond donors (Lipinski definition) is 3. The minimum atomic E-state index is -1.03. The Morgan fingerprint density at radius 1 is 1.12 bits per heavy atom. The Labute approximate surface area is 199 Å². The molecule has 172 valence electrons. The van der Waals surface area contributed by atoms with Crippen molar-refractivity contribution in [2.24, 2.45) is 0 Å². The molecule has 0 bridgehead atoms. The molecule has 3 N–H and O–H groups in total. The van der Waals surface area contributed by atoms with Crippen molar-refractivity contribution in [3.63, 3.8) is 0 Å². The maximum Gasteiger partial charge on any atom is 0.335 e. The van der Waals surface area contributed by atoms with E-state index in [0.29, 0.717) is 33.8 Å². The van der Waals surface area contributed by atoms with Gasteiger partial charge >= 0.3 is 5.97 Å². The zero-order chi connectivity index (χ0) is 24.0. The van der Waals surface area contributed by atoms with E-state index in [-0.39, 0.29) is 23.1 Å². The largest absolute Gasteiger partial charge is 0.478 e. The molecule has 0 saturated heterocycles. The molecule has 2 aromatic carbocycles. The molecular weight excluding hydrogens is 466 g/mol. The molecule has 1 atom stereocenters. The van der Waals surface area contributed by atoms with Crippen LogP contribution in [0.2, 0.25) is 5.02 Å². The monoisotopic (exact) mass is 487 g/mol. The van der Waals surface area contributed by atoms with Gasteiger partial charge in [-0.2, -0.15) is 0 Å². The lowest BCUT2D eigenvalue weighted by atomic mass is 10.2. The first-order valence-electron chi connectivity index (χ1n) is 10.0. The Balaban J connectivity index is 1.61. The summed E-state index contributed by atoms with van der Waals surface area (Å²) in [5.41, 5.74) is 1.01. The summed E-state index contributed by atoms with van der Waals surface area (Å²) in [6.45, 7) is 4.27. The molecule has 2 amide bonds. The molecule has 33 heavy (non-hydrogen) atoms. The second-order valence-corrected chi connectivity index (χ2v) is 8.33. The van der Waals surface area contributed by atoms with Gasteiger partial charge in [-0.3, -0.25) is 9.59 Å². The number of carbonyl (C=O) groups is 3. The fourth-order valence-corrected chi connectivity index (χ4v) is 4.06. The molecule has 0 fully saturated rings. The molecule has 0 radical (unpaired) electrons. The molecular formula is C22H22ClN5O4S. The summed E-state index contributed by atoms with van der Waals surface area (Å²) >= 11 is 7.31. The molecule has 0 aliphatic rings. The Morgan fingerprint density at radius 2 is 1.82 bits per heavy atom. The molecule has 0 saturated carbocycles. The molecule has 9 nitrogen and oxygen atoms in total. The van der Waals surface area contributed by atoms with Gasteiger partial charge in [0.15, 0.2) is 11.0 Å². The number of nitrogens with one attached hydrogen (secondary N) is 2. The van der Waals surface area contributed by atoms with E-state index in [1.165, 1.54) is 36.0 Å². The summed E-state index contributed by atoms with van der Waals surface area (Å²) in [6.07, 6.45) is 0. The summed E-state index contributed by atoms with van der Waals surface area (Å²) < 4.78 is 1.83. The number of halogens is 1. The predicted molar refractivity (Wildman–Crippen MR) is 126 cm³/mol. The summed E-state index contributed by atoms with van der Waals surface area (Å²) in [5, 5.41) is 23.8. The van der Waals surface area contributed by atoms with Gasteiger partial charge in [-0.15, -0.1) is 10.2 Å². The first-order chi connectivity index (χ1) is 15.8. The van der Waals surface area contributed by atoms with Gasteiger partial charge in [0.2, 0.25) is 5.91 Å². The maximum absolute atomic E-state index is 12.6. The SMILES string of the molecule is CCn1c(SCC(=O)Nc2ccc(C(=O)O)cc2)nnc1C(C)NC(=O)c1ccccc1Cl. The van der Waals surface area contributed by atoms with Gasteiger partial charge in [-0.25, -0.2) is 4.79 Å². The van der Waals surface area contributed by atoms with Crippen LogP contribution in [0.15, 0.2) is 53.7 Å². The van der Waals surface area contributed by atoms with Crippen LogP contribution in [0.4, 0.5) is 5.69 Å². The van der Waals surface area contributed by atoms with Crippen LogP contribution in [0.5, 0.6) is 0 Å². The minimum Gasteiger partial charge on any atom is -0.478 e. The van der Waals surface area contributed by atoms with Gasteiger partial charge < -0.3 is 20.3 Å². The number of carboxylic acid groups (broad SMARTS) is 1. The Hall–Kier alpha value is -3.37. The molecule has 11 heteroatoms. The molecule has 0 spiro atoms. The standard InChI is InChI=1S/C22H22ClN5O4S/c1-3-28-19(13(2)24-20(30)16-6-4-5-7-17(16)23)26-27-22(28)33-12-18(29)25-15-10-8-14(9-11-15)21(31)32/h4-11,13H,3,12H2,1-2H3,(H,24,30)(H,25,29)(H,31,32). The smallest absolute Gasteiger partial charge is 0.335 e. The van der Waals surface area contributed by atoms with Gasteiger partial charge in [0.25, 0.3) is 5.91 Å². The molecule has 3 aromatic rings. The lowest BCUT2D eigenvalue weighted by molar-refractivity contribution is -0.113. The lowest BCUT2D eigenvalue weighted by Crippen LogP contribution is -2.29. The first-order valence-corrected chi connectivity index (χ1v) is 11.4. The number of carbonyl (C=O) groups excluding carboxylic acids is 2. The molecule has 1 heterocycles. The van der Waals surface area contributed by atoms with Crippen LogP contribution < -0.4 is 10.6 Å². The van der Waals surface area contributed by atoms with E-state index in [1.54, 1.807) is 31.2 Å². The van der Waals surface area contributed by atoms with Crippen molar-refractivity contribution in [3.05, 3.63) is 70.5 Å². The summed E-state index contributed by atoms with van der Waals surface area (Å²) in [5.74, 6) is -0.976. The molecule has 0 aliphatic heterocycles. The van der Waals surface area contributed by atoms with E-state index < -0.39 is 12.0 Å². The summed E-state index contributed by atoms with van der Waals surface area (Å²) in [4.78, 5) is 35.8. The highest BCUT2D eigenvalue weighted by molar-refractivity contribution is 7.99. The van der Waals surface area contributed by atoms with Crippen LogP contribution in [0.3, 0.4) is 0 Å². The van der Waals surface area contributed by atoms with E-state index in [0.717, 1.165) is 0 Å². The third-order valence-electron chi connectivity index (χ3n) is 4.66. The lowest BCUT2D eigenvalue weighted by Gasteiger charge is -2.15. The van der Waals surface area contributed by atoms with Gasteiger partial charge in [0.1, 0.15) is 0 Å². The number of rotatable bonds is 9. The van der Waals surface area contributed by atoms with Crippen molar-refractivity contribution >= 4 is 46.8 Å². The second kappa shape index (κ2) is 11.0. The number of amides is 2. The second-order valence-electron chi connectivity index (χ2n) is 6.98. The highest BCUT2D eigenvalue weighted by Crippen LogP contribution is 2.22. The van der Waals surface area contributed by atoms with Crippen molar-refractivity contribution in [1.82, 2.24) is 20.1 Å². The predicted octanol–water partition coefficient (Wildman–Crippen LogP) is 3.87. The zero-order valence-corrected chi connectivity index (χ0v) is 19.5. The van der Waals surface area contributed by atoms with Crippen LogP contribution in [-0.2, 0) is 11.3 Å². The number of benzene rings is 2.